The highest BCUT2D eigenvalue weighted by molar-refractivity contribution is 6.30. The third-order valence-corrected chi connectivity index (χ3v) is 5.63. The smallest absolute Gasteiger partial charge is 0.434 e. The van der Waals surface area contributed by atoms with E-state index in [1.165, 1.54) is 18.3 Å². The van der Waals surface area contributed by atoms with Gasteiger partial charge in [0.2, 0.25) is 0 Å². The van der Waals surface area contributed by atoms with Crippen molar-refractivity contribution >= 4 is 23.2 Å². The quantitative estimate of drug-likeness (QED) is 0.648. The monoisotopic (exact) mass is 429 g/mol. The van der Waals surface area contributed by atoms with Crippen molar-refractivity contribution in [3.63, 3.8) is 0 Å². The third-order valence-electron chi connectivity index (χ3n) is 5.32. The van der Waals surface area contributed by atoms with Gasteiger partial charge in [0.15, 0.2) is 11.5 Å². The van der Waals surface area contributed by atoms with E-state index in [0.29, 0.717) is 31.9 Å². The van der Waals surface area contributed by atoms with Crippen LogP contribution in [-0.2, 0) is 11.0 Å². The Hall–Kier alpha value is -2.42. The Balaban J connectivity index is 1.27. The van der Waals surface area contributed by atoms with Gasteiger partial charge >= 0.3 is 6.18 Å². The lowest BCUT2D eigenvalue weighted by molar-refractivity contribution is -0.148. The average Bonchev–Trinajstić information content (AvgIpc) is 2.59. The summed E-state index contributed by atoms with van der Waals surface area (Å²) in [5.74, 6) is -0.444. The SMILES string of the molecule is O=C(COc1ccc(Cl)c(F)c1)CC12CC(Nc3cncc(C(F)(F)F)n3)(C1)C2. The Bertz CT molecular complexity index is 947. The number of benzene rings is 1. The van der Waals surface area contributed by atoms with Gasteiger partial charge in [0.05, 0.1) is 17.4 Å². The lowest BCUT2D eigenvalue weighted by atomic mass is 9.38. The summed E-state index contributed by atoms with van der Waals surface area (Å²) < 4.78 is 56.9. The van der Waals surface area contributed by atoms with Gasteiger partial charge in [-0.25, -0.2) is 9.37 Å². The number of hydrogen-bond donors (Lipinski definition) is 1. The Labute approximate surface area is 168 Å². The van der Waals surface area contributed by atoms with Crippen LogP contribution >= 0.6 is 11.6 Å². The maximum absolute atomic E-state index is 13.4. The van der Waals surface area contributed by atoms with E-state index in [1.54, 1.807) is 0 Å². The number of Topliss-reactive ketones (excluding diaryl/α,β-unsaturated/α-hetero) is 1. The zero-order valence-electron chi connectivity index (χ0n) is 15.0. The summed E-state index contributed by atoms with van der Waals surface area (Å²) in [5.41, 5.74) is -1.54. The van der Waals surface area contributed by atoms with E-state index in [9.17, 15) is 22.4 Å². The predicted molar refractivity (Wildman–Crippen MR) is 96.2 cm³/mol. The summed E-state index contributed by atoms with van der Waals surface area (Å²) in [5, 5.41) is 3.00. The minimum absolute atomic E-state index is 0.0270. The molecule has 3 saturated carbocycles. The van der Waals surface area contributed by atoms with Crippen LogP contribution in [0.15, 0.2) is 30.6 Å². The van der Waals surface area contributed by atoms with Crippen molar-refractivity contribution < 1.29 is 27.1 Å². The van der Waals surface area contributed by atoms with Gasteiger partial charge in [-0.2, -0.15) is 13.2 Å². The molecule has 10 heteroatoms. The number of carbonyl (C=O) groups excluding carboxylic acids is 1. The number of rotatable bonds is 7. The first-order valence-corrected chi connectivity index (χ1v) is 9.23. The molecule has 3 aliphatic carbocycles. The molecule has 0 spiro atoms. The molecule has 0 amide bonds. The van der Waals surface area contributed by atoms with Crippen LogP contribution in [-0.4, -0.2) is 27.9 Å². The van der Waals surface area contributed by atoms with E-state index in [0.717, 1.165) is 6.07 Å². The molecule has 5 rings (SSSR count). The van der Waals surface area contributed by atoms with Crippen LogP contribution in [0.5, 0.6) is 5.75 Å². The topological polar surface area (TPSA) is 64.1 Å². The number of ketones is 1. The molecule has 0 radical (unpaired) electrons. The Morgan fingerprint density at radius 1 is 1.24 bits per heavy atom. The van der Waals surface area contributed by atoms with Gasteiger partial charge in [-0.1, -0.05) is 11.6 Å². The van der Waals surface area contributed by atoms with Crippen LogP contribution in [0.4, 0.5) is 23.4 Å². The van der Waals surface area contributed by atoms with Gasteiger partial charge in [-0.05, 0) is 36.8 Å². The molecule has 1 heterocycles. The van der Waals surface area contributed by atoms with Crippen molar-refractivity contribution in [1.82, 2.24) is 9.97 Å². The van der Waals surface area contributed by atoms with E-state index in [1.807, 2.05) is 0 Å². The van der Waals surface area contributed by atoms with E-state index >= 15 is 0 Å². The van der Waals surface area contributed by atoms with Crippen molar-refractivity contribution in [2.45, 2.75) is 37.4 Å². The number of anilines is 1. The fourth-order valence-electron chi connectivity index (χ4n) is 4.35. The minimum atomic E-state index is -4.55. The summed E-state index contributed by atoms with van der Waals surface area (Å²) in [7, 11) is 0. The third kappa shape index (κ3) is 4.01. The molecule has 0 atom stereocenters. The number of hydrogen-bond acceptors (Lipinski definition) is 5. The molecule has 154 valence electrons. The molecule has 0 unspecified atom stereocenters. The van der Waals surface area contributed by atoms with Crippen molar-refractivity contribution in [3.8, 4) is 5.75 Å². The maximum atomic E-state index is 13.4. The van der Waals surface area contributed by atoms with Crippen LogP contribution in [0.2, 0.25) is 5.02 Å². The van der Waals surface area contributed by atoms with Crippen molar-refractivity contribution in [3.05, 3.63) is 47.1 Å². The van der Waals surface area contributed by atoms with Gasteiger partial charge < -0.3 is 10.1 Å². The normalized spacial score (nSPS) is 25.0. The zero-order valence-corrected chi connectivity index (χ0v) is 15.8. The highest BCUT2D eigenvalue weighted by atomic mass is 35.5. The van der Waals surface area contributed by atoms with Gasteiger partial charge in [0.25, 0.3) is 0 Å². The predicted octanol–water partition coefficient (Wildman–Crippen LogP) is 4.66. The second-order valence-corrected chi connectivity index (χ2v) is 8.21. The Morgan fingerprint density at radius 2 is 1.97 bits per heavy atom. The van der Waals surface area contributed by atoms with E-state index < -0.39 is 17.7 Å². The fourth-order valence-corrected chi connectivity index (χ4v) is 4.47. The summed E-state index contributed by atoms with van der Waals surface area (Å²) in [6, 6.07) is 3.95. The molecular weight excluding hydrogens is 414 g/mol. The number of nitrogens with zero attached hydrogens (tertiary/aromatic N) is 2. The van der Waals surface area contributed by atoms with Crippen LogP contribution in [0.3, 0.4) is 0 Å². The summed E-state index contributed by atoms with van der Waals surface area (Å²) >= 11 is 5.60. The number of carbonyl (C=O) groups is 1. The van der Waals surface area contributed by atoms with E-state index in [4.69, 9.17) is 16.3 Å². The highest BCUT2D eigenvalue weighted by Crippen LogP contribution is 2.70. The van der Waals surface area contributed by atoms with Crippen LogP contribution in [0.25, 0.3) is 0 Å². The fraction of sp³-hybridized carbons (Fsp3) is 0.421. The van der Waals surface area contributed by atoms with Gasteiger partial charge in [0.1, 0.15) is 24.0 Å². The molecule has 29 heavy (non-hydrogen) atoms. The standard InChI is InChI=1S/C19H16ClF4N3O2/c20-13-2-1-12(3-14(13)21)29-7-11(28)4-17-8-18(9-17,10-17)27-16-6-25-5-15(26-16)19(22,23)24/h1-3,5-6H,4,7-10H2,(H,26,27). The summed E-state index contributed by atoms with van der Waals surface area (Å²) in [6.07, 6.45) is -0.310. The lowest BCUT2D eigenvalue weighted by Crippen LogP contribution is -2.71. The van der Waals surface area contributed by atoms with E-state index in [2.05, 4.69) is 15.3 Å². The van der Waals surface area contributed by atoms with Gasteiger partial charge in [-0.3, -0.25) is 9.78 Å². The second-order valence-electron chi connectivity index (χ2n) is 7.80. The highest BCUT2D eigenvalue weighted by Gasteiger charge is 2.68. The molecule has 2 bridgehead atoms. The average molecular weight is 430 g/mol. The van der Waals surface area contributed by atoms with Gasteiger partial charge in [0, 0.05) is 18.0 Å². The summed E-state index contributed by atoms with van der Waals surface area (Å²) in [6.45, 7) is -0.178. The molecule has 1 N–H and O–H groups in total. The molecule has 1 aromatic carbocycles. The molecule has 0 aliphatic heterocycles. The lowest BCUT2D eigenvalue weighted by Gasteiger charge is -2.70. The number of halogens is 5. The summed E-state index contributed by atoms with van der Waals surface area (Å²) in [4.78, 5) is 19.4. The Morgan fingerprint density at radius 3 is 2.62 bits per heavy atom. The molecule has 3 fully saturated rings. The number of nitrogens with one attached hydrogen (secondary N) is 1. The Kier molecular flexibility index (Phi) is 4.68. The first-order chi connectivity index (χ1) is 13.6. The first kappa shape index (κ1) is 19.9. The largest absolute Gasteiger partial charge is 0.486 e. The van der Waals surface area contributed by atoms with Crippen LogP contribution in [0.1, 0.15) is 31.4 Å². The van der Waals surface area contributed by atoms with Crippen LogP contribution < -0.4 is 10.1 Å². The van der Waals surface area contributed by atoms with Crippen molar-refractivity contribution in [2.75, 3.05) is 11.9 Å². The molecule has 5 nitrogen and oxygen atoms in total. The number of aromatic nitrogens is 2. The maximum Gasteiger partial charge on any atom is 0.434 e. The number of alkyl halides is 3. The van der Waals surface area contributed by atoms with Crippen LogP contribution in [0, 0.1) is 11.2 Å². The first-order valence-electron chi connectivity index (χ1n) is 8.85. The molecule has 3 aliphatic rings. The van der Waals surface area contributed by atoms with E-state index in [-0.39, 0.29) is 39.9 Å². The van der Waals surface area contributed by atoms with Crippen molar-refractivity contribution in [1.29, 1.82) is 0 Å². The second kappa shape index (κ2) is 6.83. The number of ether oxygens (including phenoxy) is 1. The zero-order chi connectivity index (χ0) is 20.9. The molecule has 0 saturated heterocycles. The minimum Gasteiger partial charge on any atom is -0.486 e. The molecule has 1 aromatic heterocycles. The van der Waals surface area contributed by atoms with Crippen molar-refractivity contribution in [2.24, 2.45) is 5.41 Å². The molecular formula is C19H16ClF4N3O2. The molecule has 2 aromatic rings. The van der Waals surface area contributed by atoms with Gasteiger partial charge in [-0.15, -0.1) is 0 Å².